The van der Waals surface area contributed by atoms with Gasteiger partial charge in [0.15, 0.2) is 0 Å². The topological polar surface area (TPSA) is 53.6 Å². The zero-order valence-corrected chi connectivity index (χ0v) is 19.1. The van der Waals surface area contributed by atoms with Crippen LogP contribution in [0.4, 0.5) is 11.4 Å². The molecular weight excluding hydrogens is 410 g/mol. The Balaban J connectivity index is 1.48. The van der Waals surface area contributed by atoms with Crippen LogP contribution in [0.25, 0.3) is 0 Å². The number of fused-ring (bicyclic) bond motifs is 2. The number of aryl methyl sites for hydroxylation is 2. The van der Waals surface area contributed by atoms with E-state index in [1.807, 2.05) is 26.0 Å². The summed E-state index contributed by atoms with van der Waals surface area (Å²) >= 11 is 6.33. The van der Waals surface area contributed by atoms with E-state index in [-0.39, 0.29) is 12.0 Å². The van der Waals surface area contributed by atoms with Crippen LogP contribution in [0.2, 0.25) is 5.02 Å². The molecular formula is C25H32ClN3O2. The number of hydroxylamine groups is 1. The van der Waals surface area contributed by atoms with Gasteiger partial charge in [-0.05, 0) is 75.4 Å². The zero-order valence-electron chi connectivity index (χ0n) is 18.4. The first-order valence-corrected chi connectivity index (χ1v) is 11.4. The van der Waals surface area contributed by atoms with Crippen LogP contribution in [0.1, 0.15) is 37.8 Å². The van der Waals surface area contributed by atoms with Crippen LogP contribution < -0.4 is 15.7 Å². The summed E-state index contributed by atoms with van der Waals surface area (Å²) < 4.78 is 0. The highest BCUT2D eigenvalue weighted by molar-refractivity contribution is 6.30. The van der Waals surface area contributed by atoms with Gasteiger partial charge in [0.25, 0.3) is 5.91 Å². The molecule has 0 radical (unpaired) electrons. The van der Waals surface area contributed by atoms with E-state index in [1.165, 1.54) is 28.6 Å². The van der Waals surface area contributed by atoms with E-state index in [2.05, 4.69) is 52.1 Å². The van der Waals surface area contributed by atoms with E-state index in [0.717, 1.165) is 43.8 Å². The third kappa shape index (κ3) is 7.10. The van der Waals surface area contributed by atoms with Crippen molar-refractivity contribution >= 4 is 28.9 Å². The van der Waals surface area contributed by atoms with Crippen molar-refractivity contribution in [1.29, 1.82) is 0 Å². The number of amides is 1. The second-order valence-corrected chi connectivity index (χ2v) is 8.44. The minimum Gasteiger partial charge on any atom is -0.341 e. The smallest absolute Gasteiger partial charge is 0.267 e. The predicted octanol–water partition coefficient (Wildman–Crippen LogP) is 4.96. The molecule has 0 saturated heterocycles. The van der Waals surface area contributed by atoms with E-state index in [0.29, 0.717) is 6.54 Å². The van der Waals surface area contributed by atoms with Gasteiger partial charge in [-0.1, -0.05) is 41.9 Å². The number of nitrogens with one attached hydrogen (secondary N) is 2. The molecule has 3 rings (SSSR count). The van der Waals surface area contributed by atoms with Crippen molar-refractivity contribution in [2.45, 2.75) is 45.6 Å². The number of halogens is 1. The Morgan fingerprint density at radius 1 is 1.13 bits per heavy atom. The van der Waals surface area contributed by atoms with Crippen molar-refractivity contribution < 1.29 is 9.63 Å². The Morgan fingerprint density at radius 3 is 2.71 bits per heavy atom. The summed E-state index contributed by atoms with van der Waals surface area (Å²) in [5.74, 6) is -0.243. The largest absolute Gasteiger partial charge is 0.341 e. The second kappa shape index (κ2) is 11.9. The molecule has 5 nitrogen and oxygen atoms in total. The molecule has 2 aromatic rings. The van der Waals surface area contributed by atoms with E-state index >= 15 is 0 Å². The number of rotatable bonds is 10. The van der Waals surface area contributed by atoms with Crippen LogP contribution in [0.3, 0.4) is 0 Å². The summed E-state index contributed by atoms with van der Waals surface area (Å²) in [6, 6.07) is 14.9. The minimum atomic E-state index is -0.243. The molecule has 1 aliphatic rings. The summed E-state index contributed by atoms with van der Waals surface area (Å²) in [5, 5.41) is 4.13. The molecule has 2 aromatic carbocycles. The molecule has 1 heterocycles. The van der Waals surface area contributed by atoms with Gasteiger partial charge in [-0.25, -0.2) is 5.48 Å². The Kier molecular flexibility index (Phi) is 8.95. The Hall–Kier alpha value is -2.34. The average molecular weight is 442 g/mol. The maximum Gasteiger partial charge on any atom is 0.267 e. The summed E-state index contributed by atoms with van der Waals surface area (Å²) in [6.07, 6.45) is 7.45. The quantitative estimate of drug-likeness (QED) is 0.311. The number of benzene rings is 2. The van der Waals surface area contributed by atoms with Crippen molar-refractivity contribution in [2.24, 2.45) is 0 Å². The fourth-order valence-electron chi connectivity index (χ4n) is 3.71. The summed E-state index contributed by atoms with van der Waals surface area (Å²) in [4.78, 5) is 19.0. The summed E-state index contributed by atoms with van der Waals surface area (Å²) in [7, 11) is 0. The maximum absolute atomic E-state index is 11.5. The number of carbonyl (C=O) groups is 1. The number of unbranched alkanes of at least 4 members (excludes halogenated alkanes) is 1. The first-order chi connectivity index (χ1) is 15.0. The molecule has 0 saturated carbocycles. The van der Waals surface area contributed by atoms with Crippen LogP contribution in [-0.2, 0) is 22.5 Å². The highest BCUT2D eigenvalue weighted by atomic mass is 35.5. The van der Waals surface area contributed by atoms with E-state index in [9.17, 15) is 4.79 Å². The molecule has 166 valence electrons. The molecule has 0 unspecified atom stereocenters. The predicted molar refractivity (Wildman–Crippen MR) is 128 cm³/mol. The SMILES string of the molecule is CC(C)ONC(=O)/C=C/CNCCCCN1c2ccccc2CCc2ccc(Cl)cc21. The fraction of sp³-hybridized carbons (Fsp3) is 0.400. The fourth-order valence-corrected chi connectivity index (χ4v) is 3.87. The highest BCUT2D eigenvalue weighted by Crippen LogP contribution is 2.37. The van der Waals surface area contributed by atoms with Crippen molar-refractivity contribution in [1.82, 2.24) is 10.8 Å². The lowest BCUT2D eigenvalue weighted by atomic mass is 10.0. The van der Waals surface area contributed by atoms with Crippen LogP contribution in [0.15, 0.2) is 54.6 Å². The molecule has 0 aromatic heterocycles. The third-order valence-electron chi connectivity index (χ3n) is 5.20. The Morgan fingerprint density at radius 2 is 1.90 bits per heavy atom. The summed E-state index contributed by atoms with van der Waals surface area (Å²) in [6.45, 7) is 6.22. The monoisotopic (exact) mass is 441 g/mol. The van der Waals surface area contributed by atoms with Gasteiger partial charge in [0.2, 0.25) is 0 Å². The van der Waals surface area contributed by atoms with Gasteiger partial charge >= 0.3 is 0 Å². The lowest BCUT2D eigenvalue weighted by Gasteiger charge is -2.27. The molecule has 6 heteroatoms. The van der Waals surface area contributed by atoms with Crippen molar-refractivity contribution in [3.05, 3.63) is 70.8 Å². The lowest BCUT2D eigenvalue weighted by Crippen LogP contribution is -2.25. The van der Waals surface area contributed by atoms with Gasteiger partial charge < -0.3 is 10.2 Å². The van der Waals surface area contributed by atoms with Gasteiger partial charge in [0.05, 0.1) is 6.10 Å². The first kappa shape index (κ1) is 23.3. The molecule has 1 amide bonds. The Labute approximate surface area is 190 Å². The minimum absolute atomic E-state index is 0.0327. The highest BCUT2D eigenvalue weighted by Gasteiger charge is 2.20. The second-order valence-electron chi connectivity index (χ2n) is 8.00. The zero-order chi connectivity index (χ0) is 22.1. The molecule has 0 atom stereocenters. The van der Waals surface area contributed by atoms with Gasteiger partial charge in [0, 0.05) is 35.6 Å². The van der Waals surface area contributed by atoms with Gasteiger partial charge in [-0.3, -0.25) is 9.63 Å². The van der Waals surface area contributed by atoms with Crippen LogP contribution >= 0.6 is 11.6 Å². The lowest BCUT2D eigenvalue weighted by molar-refractivity contribution is -0.131. The van der Waals surface area contributed by atoms with E-state index < -0.39 is 0 Å². The molecule has 1 aliphatic heterocycles. The normalized spacial score (nSPS) is 13.2. The number of anilines is 2. The molecule has 0 fully saturated rings. The third-order valence-corrected chi connectivity index (χ3v) is 5.43. The molecule has 0 aliphatic carbocycles. The maximum atomic E-state index is 11.5. The van der Waals surface area contributed by atoms with Gasteiger partial charge in [-0.15, -0.1) is 0 Å². The van der Waals surface area contributed by atoms with E-state index in [4.69, 9.17) is 16.4 Å². The van der Waals surface area contributed by atoms with Crippen molar-refractivity contribution in [3.63, 3.8) is 0 Å². The number of hydrogen-bond donors (Lipinski definition) is 2. The van der Waals surface area contributed by atoms with Gasteiger partial charge in [0.1, 0.15) is 0 Å². The number of hydrogen-bond acceptors (Lipinski definition) is 4. The molecule has 2 N–H and O–H groups in total. The summed E-state index contributed by atoms with van der Waals surface area (Å²) in [5.41, 5.74) is 7.64. The van der Waals surface area contributed by atoms with Crippen LogP contribution in [0, 0.1) is 0 Å². The van der Waals surface area contributed by atoms with Crippen LogP contribution in [-0.4, -0.2) is 31.6 Å². The average Bonchev–Trinajstić information content (AvgIpc) is 2.91. The molecule has 0 spiro atoms. The first-order valence-electron chi connectivity index (χ1n) is 11.0. The van der Waals surface area contributed by atoms with Crippen molar-refractivity contribution in [3.8, 4) is 0 Å². The number of carbonyl (C=O) groups excluding carboxylic acids is 1. The Bertz CT molecular complexity index is 898. The molecule has 0 bridgehead atoms. The van der Waals surface area contributed by atoms with Gasteiger partial charge in [-0.2, -0.15) is 0 Å². The number of para-hydroxylation sites is 1. The standard InChI is InChI=1S/C25H32ClN3O2/c1-19(2)31-28-25(30)10-7-16-27-15-5-6-17-29-23-9-4-3-8-20(23)11-12-21-13-14-22(26)18-24(21)29/h3-4,7-10,13-14,18-19,27H,5-6,11-12,15-17H2,1-2H3,(H,28,30)/b10-7+. The number of nitrogens with zero attached hydrogens (tertiary/aromatic N) is 1. The van der Waals surface area contributed by atoms with Crippen LogP contribution in [0.5, 0.6) is 0 Å². The molecule has 31 heavy (non-hydrogen) atoms. The van der Waals surface area contributed by atoms with E-state index in [1.54, 1.807) is 0 Å². The van der Waals surface area contributed by atoms with Crippen molar-refractivity contribution in [2.75, 3.05) is 24.5 Å².